The Hall–Kier alpha value is -1.76. The second-order valence-corrected chi connectivity index (χ2v) is 6.56. The van der Waals surface area contributed by atoms with E-state index < -0.39 is 0 Å². The van der Waals surface area contributed by atoms with Gasteiger partial charge in [-0.3, -0.25) is 0 Å². The fourth-order valence-electron chi connectivity index (χ4n) is 2.84. The van der Waals surface area contributed by atoms with Crippen molar-refractivity contribution < 1.29 is 0 Å². The van der Waals surface area contributed by atoms with Crippen LogP contribution in [0.15, 0.2) is 48.5 Å². The van der Waals surface area contributed by atoms with Crippen LogP contribution in [0.4, 0.5) is 11.4 Å². The molecule has 0 atom stereocenters. The first-order valence-corrected chi connectivity index (χ1v) is 9.20. The molecule has 1 N–H and O–H groups in total. The number of nitrogens with one attached hydrogen (secondary N) is 1. The molecule has 2 aromatic rings. The molecular weight excluding hydrogens is 278 g/mol. The summed E-state index contributed by atoms with van der Waals surface area (Å²) in [4.78, 5) is 0. The van der Waals surface area contributed by atoms with E-state index in [1.54, 1.807) is 0 Å². The lowest BCUT2D eigenvalue weighted by Gasteiger charge is -2.08. The Bertz CT molecular complexity index is 539. The highest BCUT2D eigenvalue weighted by molar-refractivity contribution is 5.59. The van der Waals surface area contributed by atoms with Crippen molar-refractivity contribution in [2.75, 3.05) is 5.32 Å². The van der Waals surface area contributed by atoms with Gasteiger partial charge in [-0.05, 0) is 49.6 Å². The Morgan fingerprint density at radius 1 is 0.652 bits per heavy atom. The van der Waals surface area contributed by atoms with Crippen LogP contribution in [-0.2, 0) is 6.42 Å². The van der Waals surface area contributed by atoms with E-state index in [0.29, 0.717) is 0 Å². The number of aryl methyl sites for hydroxylation is 2. The predicted molar refractivity (Wildman–Crippen MR) is 103 cm³/mol. The quantitative estimate of drug-likeness (QED) is 0.464. The monoisotopic (exact) mass is 309 g/mol. The van der Waals surface area contributed by atoms with E-state index in [2.05, 4.69) is 67.7 Å². The maximum absolute atomic E-state index is 3.45. The normalized spacial score (nSPS) is 10.7. The van der Waals surface area contributed by atoms with E-state index in [4.69, 9.17) is 0 Å². The first-order valence-electron chi connectivity index (χ1n) is 9.20. The topological polar surface area (TPSA) is 12.0 Å². The van der Waals surface area contributed by atoms with E-state index >= 15 is 0 Å². The van der Waals surface area contributed by atoms with Crippen LogP contribution < -0.4 is 5.32 Å². The molecule has 0 unspecified atom stereocenters. The first kappa shape index (κ1) is 17.6. The molecule has 0 spiro atoms. The molecule has 0 aromatic heterocycles. The zero-order valence-electron chi connectivity index (χ0n) is 14.8. The number of benzene rings is 2. The molecule has 1 nitrogen and oxygen atoms in total. The third-order valence-corrected chi connectivity index (χ3v) is 4.36. The van der Waals surface area contributed by atoms with E-state index in [-0.39, 0.29) is 0 Å². The van der Waals surface area contributed by atoms with Crippen LogP contribution in [0.3, 0.4) is 0 Å². The molecule has 0 amide bonds. The zero-order chi connectivity index (χ0) is 16.3. The molecule has 0 aliphatic heterocycles. The molecule has 0 fully saturated rings. The minimum absolute atomic E-state index is 1.15. The van der Waals surface area contributed by atoms with E-state index in [1.807, 2.05) is 0 Å². The number of hydrogen-bond donors (Lipinski definition) is 1. The van der Waals surface area contributed by atoms with Gasteiger partial charge in [0.25, 0.3) is 0 Å². The minimum atomic E-state index is 1.15. The second-order valence-electron chi connectivity index (χ2n) is 6.56. The summed E-state index contributed by atoms with van der Waals surface area (Å²) in [5.41, 5.74) is 5.06. The number of anilines is 2. The van der Waals surface area contributed by atoms with Crippen molar-refractivity contribution in [3.63, 3.8) is 0 Å². The first-order chi connectivity index (χ1) is 11.3. The molecule has 23 heavy (non-hydrogen) atoms. The summed E-state index contributed by atoms with van der Waals surface area (Å²) in [6.07, 6.45) is 10.8. The predicted octanol–water partition coefficient (Wildman–Crippen LogP) is 7.03. The van der Waals surface area contributed by atoms with Crippen LogP contribution in [0.2, 0.25) is 0 Å². The minimum Gasteiger partial charge on any atom is -0.356 e. The van der Waals surface area contributed by atoms with Crippen LogP contribution >= 0.6 is 0 Å². The van der Waals surface area contributed by atoms with Crippen LogP contribution in [0.1, 0.15) is 63.0 Å². The maximum atomic E-state index is 3.45. The van der Waals surface area contributed by atoms with Gasteiger partial charge in [-0.1, -0.05) is 75.3 Å². The Morgan fingerprint density at radius 2 is 1.17 bits per heavy atom. The SMILES string of the molecule is CCCCCCCCCc1ccc(Nc2ccc(C)cc2)cc1. The largest absolute Gasteiger partial charge is 0.356 e. The molecule has 0 saturated carbocycles. The Kier molecular flexibility index (Phi) is 7.72. The Morgan fingerprint density at radius 3 is 1.78 bits per heavy atom. The van der Waals surface area contributed by atoms with E-state index in [0.717, 1.165) is 11.4 Å². The van der Waals surface area contributed by atoms with Crippen LogP contribution in [0, 0.1) is 6.92 Å². The Labute approximate surface area is 142 Å². The highest BCUT2D eigenvalue weighted by Gasteiger charge is 1.97. The lowest BCUT2D eigenvalue weighted by molar-refractivity contribution is 0.589. The number of rotatable bonds is 10. The molecule has 2 aromatic carbocycles. The fourth-order valence-corrected chi connectivity index (χ4v) is 2.84. The molecule has 0 saturated heterocycles. The molecular formula is C22H31N. The lowest BCUT2D eigenvalue weighted by Crippen LogP contribution is -1.91. The van der Waals surface area contributed by atoms with Gasteiger partial charge in [-0.25, -0.2) is 0 Å². The summed E-state index contributed by atoms with van der Waals surface area (Å²) in [5.74, 6) is 0. The van der Waals surface area contributed by atoms with Crippen molar-refractivity contribution in [3.05, 3.63) is 59.7 Å². The van der Waals surface area contributed by atoms with Crippen LogP contribution in [0.5, 0.6) is 0 Å². The molecule has 0 heterocycles. The van der Waals surface area contributed by atoms with Crippen molar-refractivity contribution in [1.82, 2.24) is 0 Å². The summed E-state index contributed by atoms with van der Waals surface area (Å²) < 4.78 is 0. The molecule has 124 valence electrons. The zero-order valence-corrected chi connectivity index (χ0v) is 14.8. The summed E-state index contributed by atoms with van der Waals surface area (Å²) in [5, 5.41) is 3.45. The summed E-state index contributed by atoms with van der Waals surface area (Å²) in [6, 6.07) is 17.4. The van der Waals surface area contributed by atoms with Crippen molar-refractivity contribution in [2.45, 2.75) is 65.2 Å². The highest BCUT2D eigenvalue weighted by atomic mass is 14.9. The second kappa shape index (κ2) is 10.1. The molecule has 0 aliphatic carbocycles. The average Bonchev–Trinajstić information content (AvgIpc) is 2.58. The van der Waals surface area contributed by atoms with Gasteiger partial charge in [0.05, 0.1) is 0 Å². The van der Waals surface area contributed by atoms with Crippen molar-refractivity contribution in [1.29, 1.82) is 0 Å². The van der Waals surface area contributed by atoms with Gasteiger partial charge in [0.15, 0.2) is 0 Å². The van der Waals surface area contributed by atoms with Gasteiger partial charge in [0.1, 0.15) is 0 Å². The van der Waals surface area contributed by atoms with Crippen molar-refractivity contribution >= 4 is 11.4 Å². The smallest absolute Gasteiger partial charge is 0.0384 e. The lowest BCUT2D eigenvalue weighted by atomic mass is 10.0. The molecule has 0 aliphatic rings. The van der Waals surface area contributed by atoms with E-state index in [9.17, 15) is 0 Å². The van der Waals surface area contributed by atoms with E-state index in [1.165, 1.54) is 62.5 Å². The standard InChI is InChI=1S/C22H31N/c1-3-4-5-6-7-8-9-10-20-13-17-22(18-14-20)23-21-15-11-19(2)12-16-21/h11-18,23H,3-10H2,1-2H3. The van der Waals surface area contributed by atoms with Gasteiger partial charge in [-0.2, -0.15) is 0 Å². The summed E-state index contributed by atoms with van der Waals surface area (Å²) in [6.45, 7) is 4.39. The van der Waals surface area contributed by atoms with Crippen LogP contribution in [-0.4, -0.2) is 0 Å². The number of hydrogen-bond acceptors (Lipinski definition) is 1. The summed E-state index contributed by atoms with van der Waals surface area (Å²) in [7, 11) is 0. The number of unbranched alkanes of at least 4 members (excludes halogenated alkanes) is 6. The van der Waals surface area contributed by atoms with Crippen molar-refractivity contribution in [3.8, 4) is 0 Å². The third-order valence-electron chi connectivity index (χ3n) is 4.36. The van der Waals surface area contributed by atoms with Gasteiger partial charge >= 0.3 is 0 Å². The fraction of sp³-hybridized carbons (Fsp3) is 0.455. The van der Waals surface area contributed by atoms with Gasteiger partial charge in [-0.15, -0.1) is 0 Å². The van der Waals surface area contributed by atoms with Gasteiger partial charge < -0.3 is 5.32 Å². The summed E-state index contributed by atoms with van der Waals surface area (Å²) >= 11 is 0. The van der Waals surface area contributed by atoms with Crippen LogP contribution in [0.25, 0.3) is 0 Å². The Balaban J connectivity index is 1.69. The van der Waals surface area contributed by atoms with Gasteiger partial charge in [0, 0.05) is 11.4 Å². The maximum Gasteiger partial charge on any atom is 0.0384 e. The molecule has 0 bridgehead atoms. The van der Waals surface area contributed by atoms with Crippen molar-refractivity contribution in [2.24, 2.45) is 0 Å². The highest BCUT2D eigenvalue weighted by Crippen LogP contribution is 2.18. The average molecular weight is 309 g/mol. The molecule has 0 radical (unpaired) electrons. The third kappa shape index (κ3) is 6.90. The van der Waals surface area contributed by atoms with Gasteiger partial charge in [0.2, 0.25) is 0 Å². The molecule has 1 heteroatoms. The molecule has 2 rings (SSSR count).